The zero-order valence-corrected chi connectivity index (χ0v) is 15.1. The van der Waals surface area contributed by atoms with Gasteiger partial charge in [-0.05, 0) is 48.9 Å². The third-order valence-electron chi connectivity index (χ3n) is 5.27. The van der Waals surface area contributed by atoms with Crippen LogP contribution in [-0.4, -0.2) is 12.6 Å². The van der Waals surface area contributed by atoms with Gasteiger partial charge >= 0.3 is 0 Å². The molecule has 2 atom stereocenters. The number of fused-ring (bicyclic) bond motifs is 1. The summed E-state index contributed by atoms with van der Waals surface area (Å²) in [5, 5.41) is 18.3. The predicted molar refractivity (Wildman–Crippen MR) is 104 cm³/mol. The van der Waals surface area contributed by atoms with E-state index < -0.39 is 0 Å². The molecule has 4 rings (SSSR count). The van der Waals surface area contributed by atoms with Crippen LogP contribution in [0.25, 0.3) is 10.8 Å². The number of nitrogens with one attached hydrogen (secondary N) is 1. The maximum Gasteiger partial charge on any atom is 0.191 e. The number of hydrogen-bond acceptors (Lipinski definition) is 2. The third kappa shape index (κ3) is 3.27. The lowest BCUT2D eigenvalue weighted by Gasteiger charge is -2.33. The molecular formula is C23H24NO2. The summed E-state index contributed by atoms with van der Waals surface area (Å²) in [5.74, 6) is 0.978. The fraction of sp³-hybridized carbons (Fsp3) is 0.304. The van der Waals surface area contributed by atoms with E-state index in [1.165, 1.54) is 5.56 Å². The summed E-state index contributed by atoms with van der Waals surface area (Å²) < 4.78 is 6.29. The summed E-state index contributed by atoms with van der Waals surface area (Å²) >= 11 is 0. The average molecular weight is 346 g/mol. The van der Waals surface area contributed by atoms with Gasteiger partial charge in [-0.15, -0.1) is 0 Å². The maximum absolute atomic E-state index is 13.0. The fourth-order valence-electron chi connectivity index (χ4n) is 3.78. The van der Waals surface area contributed by atoms with Crippen molar-refractivity contribution >= 4 is 10.8 Å². The van der Waals surface area contributed by atoms with Gasteiger partial charge in [-0.25, -0.2) is 0 Å². The molecule has 3 nitrogen and oxygen atoms in total. The van der Waals surface area contributed by atoms with Gasteiger partial charge in [0.25, 0.3) is 0 Å². The van der Waals surface area contributed by atoms with Crippen molar-refractivity contribution in [2.75, 3.05) is 6.54 Å². The molecule has 3 aromatic carbocycles. The van der Waals surface area contributed by atoms with Crippen LogP contribution < -0.4 is 10.1 Å². The number of benzene rings is 3. The second kappa shape index (κ2) is 7.38. The molecule has 1 radical (unpaired) electrons. The van der Waals surface area contributed by atoms with Gasteiger partial charge < -0.3 is 10.1 Å². The van der Waals surface area contributed by atoms with Crippen LogP contribution in [0.1, 0.15) is 36.9 Å². The lowest BCUT2D eigenvalue weighted by Crippen LogP contribution is -2.41. The molecular weight excluding hydrogens is 322 g/mol. The first-order valence-electron chi connectivity index (χ1n) is 9.44. The molecule has 26 heavy (non-hydrogen) atoms. The molecule has 1 N–H and O–H groups in total. The highest BCUT2D eigenvalue weighted by molar-refractivity contribution is 5.89. The Labute approximate surface area is 154 Å². The quantitative estimate of drug-likeness (QED) is 0.685. The Morgan fingerprint density at radius 1 is 1.04 bits per heavy atom. The van der Waals surface area contributed by atoms with E-state index in [2.05, 4.69) is 24.4 Å². The summed E-state index contributed by atoms with van der Waals surface area (Å²) in [6, 6.07) is 20.0. The summed E-state index contributed by atoms with van der Waals surface area (Å²) in [6.45, 7) is 3.05. The monoisotopic (exact) mass is 346 g/mol. The normalized spacial score (nSPS) is 20.2. The average Bonchev–Trinajstić information content (AvgIpc) is 2.70. The molecule has 2 unspecified atom stereocenters. The minimum absolute atomic E-state index is 0.0370. The molecule has 0 aliphatic carbocycles. The molecule has 1 saturated heterocycles. The van der Waals surface area contributed by atoms with Crippen LogP contribution in [0, 0.1) is 0 Å². The van der Waals surface area contributed by atoms with Crippen molar-refractivity contribution in [1.82, 2.24) is 5.32 Å². The van der Waals surface area contributed by atoms with E-state index in [0.29, 0.717) is 0 Å². The molecule has 0 aromatic heterocycles. The Kier molecular flexibility index (Phi) is 4.81. The van der Waals surface area contributed by atoms with E-state index in [1.54, 1.807) is 0 Å². The molecule has 133 valence electrons. The SMILES string of the molecule is CCc1ccc(OC2CCCNC2c2ccc3ccccc3c2[O])cc1. The Bertz CT molecular complexity index is 888. The van der Waals surface area contributed by atoms with Crippen LogP contribution in [0.4, 0.5) is 0 Å². The number of ether oxygens (including phenoxy) is 1. The second-order valence-electron chi connectivity index (χ2n) is 6.93. The van der Waals surface area contributed by atoms with Gasteiger partial charge in [0.2, 0.25) is 0 Å². The van der Waals surface area contributed by atoms with E-state index in [4.69, 9.17) is 4.74 Å². The van der Waals surface area contributed by atoms with Gasteiger partial charge in [-0.1, -0.05) is 55.5 Å². The van der Waals surface area contributed by atoms with Crippen molar-refractivity contribution < 1.29 is 9.84 Å². The topological polar surface area (TPSA) is 41.2 Å². The van der Waals surface area contributed by atoms with Crippen LogP contribution in [0.15, 0.2) is 60.7 Å². The third-order valence-corrected chi connectivity index (χ3v) is 5.27. The van der Waals surface area contributed by atoms with Crippen LogP contribution >= 0.6 is 0 Å². The minimum Gasteiger partial charge on any atom is -0.488 e. The first kappa shape index (κ1) is 16.9. The van der Waals surface area contributed by atoms with Crippen molar-refractivity contribution in [3.8, 4) is 11.5 Å². The van der Waals surface area contributed by atoms with E-state index in [0.717, 1.165) is 47.9 Å². The van der Waals surface area contributed by atoms with Gasteiger partial charge in [0.1, 0.15) is 11.9 Å². The number of hydrogen-bond donors (Lipinski definition) is 1. The van der Waals surface area contributed by atoms with E-state index in [1.807, 2.05) is 48.5 Å². The lowest BCUT2D eigenvalue weighted by molar-refractivity contribution is 0.118. The van der Waals surface area contributed by atoms with Gasteiger partial charge in [0.05, 0.1) is 6.04 Å². The van der Waals surface area contributed by atoms with Crippen molar-refractivity contribution in [2.45, 2.75) is 38.3 Å². The first-order chi connectivity index (χ1) is 12.8. The smallest absolute Gasteiger partial charge is 0.191 e. The molecule has 1 aliphatic rings. The van der Waals surface area contributed by atoms with Crippen molar-refractivity contribution in [2.24, 2.45) is 0 Å². The lowest BCUT2D eigenvalue weighted by atomic mass is 9.92. The summed E-state index contributed by atoms with van der Waals surface area (Å²) in [6.07, 6.45) is 2.98. The van der Waals surface area contributed by atoms with Gasteiger partial charge in [0, 0.05) is 10.9 Å². The van der Waals surface area contributed by atoms with Crippen LogP contribution in [0.2, 0.25) is 0 Å². The molecule has 1 fully saturated rings. The highest BCUT2D eigenvalue weighted by Gasteiger charge is 2.30. The van der Waals surface area contributed by atoms with Crippen LogP contribution in [0.5, 0.6) is 11.5 Å². The summed E-state index contributed by atoms with van der Waals surface area (Å²) in [4.78, 5) is 0. The van der Waals surface area contributed by atoms with E-state index in [-0.39, 0.29) is 17.9 Å². The van der Waals surface area contributed by atoms with Crippen LogP contribution in [0.3, 0.4) is 0 Å². The van der Waals surface area contributed by atoms with E-state index in [9.17, 15) is 5.11 Å². The molecule has 0 spiro atoms. The zero-order chi connectivity index (χ0) is 17.9. The highest BCUT2D eigenvalue weighted by Crippen LogP contribution is 2.37. The zero-order valence-electron chi connectivity index (χ0n) is 15.1. The minimum atomic E-state index is -0.0771. The molecule has 0 bridgehead atoms. The molecule has 3 heteroatoms. The van der Waals surface area contributed by atoms with Crippen molar-refractivity contribution in [3.63, 3.8) is 0 Å². The molecule has 0 amide bonds. The van der Waals surface area contributed by atoms with Gasteiger partial charge in [-0.3, -0.25) is 5.11 Å². The van der Waals surface area contributed by atoms with Crippen LogP contribution in [-0.2, 0) is 11.5 Å². The summed E-state index contributed by atoms with van der Waals surface area (Å²) in [7, 11) is 0. The van der Waals surface area contributed by atoms with E-state index >= 15 is 0 Å². The second-order valence-corrected chi connectivity index (χ2v) is 6.93. The summed E-state index contributed by atoms with van der Waals surface area (Å²) in [5.41, 5.74) is 2.10. The standard InChI is InChI=1S/C23H24NO2/c1-2-16-9-12-18(13-10-16)26-21-8-5-15-24-22(21)20-14-11-17-6-3-4-7-19(17)23(20)25/h3-4,6-7,9-14,21-22,24H,2,5,8,15H2,1H3. The molecule has 1 aliphatic heterocycles. The Morgan fingerprint density at radius 3 is 2.65 bits per heavy atom. The first-order valence-corrected chi connectivity index (χ1v) is 9.44. The Balaban J connectivity index is 1.64. The Morgan fingerprint density at radius 2 is 1.85 bits per heavy atom. The maximum atomic E-state index is 13.0. The van der Waals surface area contributed by atoms with Gasteiger partial charge in [-0.2, -0.15) is 0 Å². The number of aryl methyl sites for hydroxylation is 1. The molecule has 3 aromatic rings. The Hall–Kier alpha value is -2.52. The molecule has 1 heterocycles. The van der Waals surface area contributed by atoms with Crippen molar-refractivity contribution in [1.29, 1.82) is 0 Å². The molecule has 0 saturated carbocycles. The number of piperidine rings is 1. The predicted octanol–water partition coefficient (Wildman–Crippen LogP) is 5.42. The van der Waals surface area contributed by atoms with Gasteiger partial charge in [0.15, 0.2) is 5.75 Å². The highest BCUT2D eigenvalue weighted by atomic mass is 16.5. The largest absolute Gasteiger partial charge is 0.488 e. The van der Waals surface area contributed by atoms with Crippen molar-refractivity contribution in [3.05, 3.63) is 71.8 Å². The number of rotatable bonds is 4. The fourth-order valence-corrected chi connectivity index (χ4v) is 3.78.